The van der Waals surface area contributed by atoms with Gasteiger partial charge in [0.05, 0.1) is 0 Å². The summed E-state index contributed by atoms with van der Waals surface area (Å²) in [4.78, 5) is 10.6. The SMILES string of the molecule is O=C(O)/C=C/c1cc(Cl)ccc1Oc1cc(Cl)cc(Cl)c1. The Hall–Kier alpha value is -1.68. The Morgan fingerprint density at radius 3 is 2.29 bits per heavy atom. The van der Waals surface area contributed by atoms with Crippen molar-refractivity contribution in [2.45, 2.75) is 0 Å². The van der Waals surface area contributed by atoms with Crippen LogP contribution in [-0.4, -0.2) is 11.1 Å². The van der Waals surface area contributed by atoms with Crippen molar-refractivity contribution < 1.29 is 14.6 Å². The molecule has 0 aliphatic heterocycles. The third-order valence-corrected chi connectivity index (χ3v) is 3.11. The van der Waals surface area contributed by atoms with Crippen LogP contribution in [0.2, 0.25) is 15.1 Å². The maximum Gasteiger partial charge on any atom is 0.328 e. The summed E-state index contributed by atoms with van der Waals surface area (Å²) in [6.45, 7) is 0. The van der Waals surface area contributed by atoms with Crippen molar-refractivity contribution in [2.75, 3.05) is 0 Å². The second kappa shape index (κ2) is 6.85. The van der Waals surface area contributed by atoms with Crippen molar-refractivity contribution in [3.63, 3.8) is 0 Å². The first-order valence-electron chi connectivity index (χ1n) is 5.78. The molecule has 0 aliphatic rings. The molecule has 0 bridgehead atoms. The fraction of sp³-hybridized carbons (Fsp3) is 0. The summed E-state index contributed by atoms with van der Waals surface area (Å²) >= 11 is 17.7. The molecule has 0 aliphatic carbocycles. The maximum atomic E-state index is 10.6. The Balaban J connectivity index is 2.36. The number of rotatable bonds is 4. The van der Waals surface area contributed by atoms with E-state index < -0.39 is 5.97 Å². The number of carboxylic acid groups (broad SMARTS) is 1. The van der Waals surface area contributed by atoms with Gasteiger partial charge in [0.25, 0.3) is 0 Å². The molecule has 0 amide bonds. The Bertz CT molecular complexity index is 691. The lowest BCUT2D eigenvalue weighted by Gasteiger charge is -2.10. The predicted molar refractivity (Wildman–Crippen MR) is 84.7 cm³/mol. The van der Waals surface area contributed by atoms with E-state index in [0.717, 1.165) is 6.08 Å². The molecule has 0 aromatic heterocycles. The summed E-state index contributed by atoms with van der Waals surface area (Å²) in [5, 5.41) is 10.0. The third kappa shape index (κ3) is 4.67. The minimum atomic E-state index is -1.06. The Morgan fingerprint density at radius 1 is 1.00 bits per heavy atom. The molecule has 6 heteroatoms. The van der Waals surface area contributed by atoms with Crippen LogP contribution in [0.25, 0.3) is 6.08 Å². The fourth-order valence-corrected chi connectivity index (χ4v) is 2.30. The molecule has 2 aromatic rings. The Morgan fingerprint density at radius 2 is 1.67 bits per heavy atom. The number of carboxylic acids is 1. The van der Waals surface area contributed by atoms with Gasteiger partial charge in [-0.25, -0.2) is 4.79 Å². The number of hydrogen-bond acceptors (Lipinski definition) is 2. The average Bonchev–Trinajstić information content (AvgIpc) is 2.37. The van der Waals surface area contributed by atoms with Gasteiger partial charge in [-0.3, -0.25) is 0 Å². The Kier molecular flexibility index (Phi) is 5.12. The second-order valence-electron chi connectivity index (χ2n) is 4.06. The first-order valence-corrected chi connectivity index (χ1v) is 6.92. The minimum absolute atomic E-state index is 0.439. The maximum absolute atomic E-state index is 10.6. The van der Waals surface area contributed by atoms with Gasteiger partial charge in [0, 0.05) is 26.7 Å². The predicted octanol–water partition coefficient (Wildman–Crippen LogP) is 5.54. The molecule has 0 saturated heterocycles. The lowest BCUT2D eigenvalue weighted by atomic mass is 10.2. The first-order chi connectivity index (χ1) is 9.94. The van der Waals surface area contributed by atoms with Crippen LogP contribution in [0.3, 0.4) is 0 Å². The molecule has 0 heterocycles. The highest BCUT2D eigenvalue weighted by atomic mass is 35.5. The molecule has 21 heavy (non-hydrogen) atoms. The molecule has 2 aromatic carbocycles. The van der Waals surface area contributed by atoms with Gasteiger partial charge in [-0.1, -0.05) is 34.8 Å². The minimum Gasteiger partial charge on any atom is -0.478 e. The smallest absolute Gasteiger partial charge is 0.328 e. The number of benzene rings is 2. The molecule has 0 radical (unpaired) electrons. The molecule has 0 unspecified atom stereocenters. The monoisotopic (exact) mass is 342 g/mol. The van der Waals surface area contributed by atoms with Gasteiger partial charge in [-0.2, -0.15) is 0 Å². The van der Waals surface area contributed by atoms with Crippen molar-refractivity contribution >= 4 is 46.8 Å². The van der Waals surface area contributed by atoms with Gasteiger partial charge < -0.3 is 9.84 Å². The summed E-state index contributed by atoms with van der Waals surface area (Å²) in [7, 11) is 0. The van der Waals surface area contributed by atoms with Crippen LogP contribution in [-0.2, 0) is 4.79 Å². The highest BCUT2D eigenvalue weighted by molar-refractivity contribution is 6.34. The second-order valence-corrected chi connectivity index (χ2v) is 5.37. The largest absolute Gasteiger partial charge is 0.478 e. The highest BCUT2D eigenvalue weighted by Gasteiger charge is 2.06. The fourth-order valence-electron chi connectivity index (χ4n) is 1.62. The van der Waals surface area contributed by atoms with Gasteiger partial charge in [0.15, 0.2) is 0 Å². The number of ether oxygens (including phenoxy) is 1. The van der Waals surface area contributed by atoms with E-state index in [1.807, 2.05) is 0 Å². The zero-order valence-electron chi connectivity index (χ0n) is 10.5. The number of halogens is 3. The number of aliphatic carboxylic acids is 1. The van der Waals surface area contributed by atoms with E-state index >= 15 is 0 Å². The molecule has 108 valence electrons. The zero-order valence-corrected chi connectivity index (χ0v) is 12.8. The number of carbonyl (C=O) groups is 1. The quantitative estimate of drug-likeness (QED) is 0.742. The van der Waals surface area contributed by atoms with Crippen molar-refractivity contribution in [3.05, 3.63) is 63.1 Å². The summed E-state index contributed by atoms with van der Waals surface area (Å²) in [5.74, 6) is -0.179. The van der Waals surface area contributed by atoms with Crippen LogP contribution in [0.1, 0.15) is 5.56 Å². The molecule has 2 rings (SSSR count). The molecule has 0 atom stereocenters. The lowest BCUT2D eigenvalue weighted by Crippen LogP contribution is -1.90. The van der Waals surface area contributed by atoms with Gasteiger partial charge in [0.1, 0.15) is 11.5 Å². The standard InChI is InChI=1S/C15H9Cl3O3/c16-10-2-3-14(9(5-10)1-4-15(19)20)21-13-7-11(17)6-12(18)8-13/h1-8H,(H,19,20)/b4-1+. The van der Waals surface area contributed by atoms with E-state index in [1.165, 1.54) is 6.08 Å². The average molecular weight is 344 g/mol. The van der Waals surface area contributed by atoms with Crippen LogP contribution < -0.4 is 4.74 Å². The van der Waals surface area contributed by atoms with E-state index in [-0.39, 0.29) is 0 Å². The van der Waals surface area contributed by atoms with E-state index in [4.69, 9.17) is 44.6 Å². The van der Waals surface area contributed by atoms with Crippen LogP contribution in [0, 0.1) is 0 Å². The molecule has 1 N–H and O–H groups in total. The van der Waals surface area contributed by atoms with Crippen molar-refractivity contribution in [2.24, 2.45) is 0 Å². The van der Waals surface area contributed by atoms with Crippen LogP contribution in [0.5, 0.6) is 11.5 Å². The molecule has 0 saturated carbocycles. The molecule has 0 fully saturated rings. The van der Waals surface area contributed by atoms with E-state index in [9.17, 15) is 4.79 Å². The van der Waals surface area contributed by atoms with Crippen molar-refractivity contribution in [3.8, 4) is 11.5 Å². The van der Waals surface area contributed by atoms with Crippen molar-refractivity contribution in [1.82, 2.24) is 0 Å². The first kappa shape index (κ1) is 15.7. The van der Waals surface area contributed by atoms with E-state index in [2.05, 4.69) is 0 Å². The summed E-state index contributed by atoms with van der Waals surface area (Å²) in [5.41, 5.74) is 0.529. The van der Waals surface area contributed by atoms with Crippen LogP contribution in [0.15, 0.2) is 42.5 Å². The van der Waals surface area contributed by atoms with Crippen LogP contribution in [0.4, 0.5) is 0 Å². The summed E-state index contributed by atoms with van der Waals surface area (Å²) < 4.78 is 5.69. The zero-order chi connectivity index (χ0) is 15.4. The van der Waals surface area contributed by atoms with Gasteiger partial charge in [-0.15, -0.1) is 0 Å². The highest BCUT2D eigenvalue weighted by Crippen LogP contribution is 2.32. The van der Waals surface area contributed by atoms with Crippen molar-refractivity contribution in [1.29, 1.82) is 0 Å². The van der Waals surface area contributed by atoms with Crippen LogP contribution >= 0.6 is 34.8 Å². The summed E-state index contributed by atoms with van der Waals surface area (Å²) in [6.07, 6.45) is 2.40. The lowest BCUT2D eigenvalue weighted by molar-refractivity contribution is -0.131. The molecule has 3 nitrogen and oxygen atoms in total. The van der Waals surface area contributed by atoms with E-state index in [0.29, 0.717) is 32.1 Å². The third-order valence-electron chi connectivity index (χ3n) is 2.44. The van der Waals surface area contributed by atoms with Gasteiger partial charge in [0.2, 0.25) is 0 Å². The molecule has 0 spiro atoms. The molecular weight excluding hydrogens is 335 g/mol. The molecular formula is C15H9Cl3O3. The topological polar surface area (TPSA) is 46.5 Å². The Labute approximate surface area is 136 Å². The number of hydrogen-bond donors (Lipinski definition) is 1. The normalized spacial score (nSPS) is 10.8. The van der Waals surface area contributed by atoms with Gasteiger partial charge in [-0.05, 0) is 42.5 Å². The summed E-state index contributed by atoms with van der Waals surface area (Å²) in [6, 6.07) is 9.67. The van der Waals surface area contributed by atoms with Gasteiger partial charge >= 0.3 is 5.97 Å². The van der Waals surface area contributed by atoms with E-state index in [1.54, 1.807) is 36.4 Å².